The van der Waals surface area contributed by atoms with Gasteiger partial charge in [-0.2, -0.15) is 0 Å². The lowest BCUT2D eigenvalue weighted by Crippen LogP contribution is -2.38. The Balaban J connectivity index is 1.50. The summed E-state index contributed by atoms with van der Waals surface area (Å²) in [4.78, 5) is 2.36. The first-order valence-electron chi connectivity index (χ1n) is 9.91. The van der Waals surface area contributed by atoms with Gasteiger partial charge in [0, 0.05) is 47.2 Å². The van der Waals surface area contributed by atoms with Gasteiger partial charge in [0.1, 0.15) is 0 Å². The first kappa shape index (κ1) is 19.6. The van der Waals surface area contributed by atoms with Crippen molar-refractivity contribution < 1.29 is 5.11 Å². The van der Waals surface area contributed by atoms with Gasteiger partial charge in [-0.05, 0) is 107 Å². The average Bonchev–Trinajstić information content (AvgIpc) is 3.16. The average molecular weight is 608 g/mol. The summed E-state index contributed by atoms with van der Waals surface area (Å²) in [5.74, 6) is 0. The van der Waals surface area contributed by atoms with Crippen LogP contribution in [0, 0.1) is 7.14 Å². The molecule has 1 aliphatic rings. The predicted octanol–water partition coefficient (Wildman–Crippen LogP) is 5.82. The minimum atomic E-state index is -0.444. The van der Waals surface area contributed by atoms with Crippen molar-refractivity contribution in [3.8, 4) is 0 Å². The molecule has 5 heteroatoms. The summed E-state index contributed by atoms with van der Waals surface area (Å²) >= 11 is 4.74. The molecule has 2 atom stereocenters. The van der Waals surface area contributed by atoms with Crippen LogP contribution in [0.1, 0.15) is 12.5 Å². The van der Waals surface area contributed by atoms with Crippen LogP contribution < -0.4 is 4.90 Å². The van der Waals surface area contributed by atoms with E-state index < -0.39 is 6.10 Å². The van der Waals surface area contributed by atoms with Gasteiger partial charge in [-0.15, -0.1) is 0 Å². The molecule has 0 spiro atoms. The lowest BCUT2D eigenvalue weighted by molar-refractivity contribution is 0.160. The molecule has 3 aromatic carbocycles. The number of aliphatic hydroxyl groups is 1. The molecular weight excluding hydrogens is 586 g/mol. The Morgan fingerprint density at radius 3 is 2.21 bits per heavy atom. The van der Waals surface area contributed by atoms with Crippen molar-refractivity contribution >= 4 is 72.7 Å². The van der Waals surface area contributed by atoms with Crippen LogP contribution in [-0.2, 0) is 13.0 Å². The highest BCUT2D eigenvalue weighted by atomic mass is 127. The van der Waals surface area contributed by atoms with E-state index in [1.807, 2.05) is 0 Å². The Labute approximate surface area is 198 Å². The summed E-state index contributed by atoms with van der Waals surface area (Å²) in [5, 5.41) is 13.6. The van der Waals surface area contributed by atoms with Crippen molar-refractivity contribution in [1.29, 1.82) is 0 Å². The second-order valence-corrected chi connectivity index (χ2v) is 10.4. The summed E-state index contributed by atoms with van der Waals surface area (Å²) in [6.07, 6.45) is 0.607. The summed E-state index contributed by atoms with van der Waals surface area (Å²) in [6, 6.07) is 22.1. The van der Waals surface area contributed by atoms with Crippen molar-refractivity contribution in [2.24, 2.45) is 0 Å². The van der Waals surface area contributed by atoms with E-state index in [0.717, 1.165) is 6.42 Å². The van der Waals surface area contributed by atoms with Crippen LogP contribution in [0.3, 0.4) is 0 Å². The molecule has 29 heavy (non-hydrogen) atoms. The lowest BCUT2D eigenvalue weighted by Gasteiger charge is -2.28. The largest absolute Gasteiger partial charge is 0.389 e. The van der Waals surface area contributed by atoms with E-state index >= 15 is 0 Å². The molecule has 0 amide bonds. The summed E-state index contributed by atoms with van der Waals surface area (Å²) in [6.45, 7) is 3.48. The zero-order valence-electron chi connectivity index (χ0n) is 16.1. The normalized spacial score (nSPS) is 17.2. The second-order valence-electron chi connectivity index (χ2n) is 7.92. The zero-order valence-corrected chi connectivity index (χ0v) is 20.5. The Morgan fingerprint density at radius 2 is 1.55 bits per heavy atom. The Kier molecular flexibility index (Phi) is 5.24. The summed E-state index contributed by atoms with van der Waals surface area (Å²) in [5.41, 5.74) is 5.03. The van der Waals surface area contributed by atoms with Crippen LogP contribution in [-0.4, -0.2) is 28.4 Å². The number of para-hydroxylation sites is 1. The number of benzene rings is 3. The molecule has 0 saturated carbocycles. The first-order chi connectivity index (χ1) is 14.0. The Morgan fingerprint density at radius 1 is 0.931 bits per heavy atom. The monoisotopic (exact) mass is 608 g/mol. The highest BCUT2D eigenvalue weighted by Crippen LogP contribution is 2.34. The number of hydrogen-bond acceptors (Lipinski definition) is 2. The molecule has 0 bridgehead atoms. The van der Waals surface area contributed by atoms with Gasteiger partial charge in [0.05, 0.1) is 12.6 Å². The number of β-amino-alcohol motifs (C(OH)–C–C–N with tert-alkyl or cyclic N) is 1. The summed E-state index contributed by atoms with van der Waals surface area (Å²) in [7, 11) is 0. The molecule has 0 unspecified atom stereocenters. The maximum Gasteiger partial charge on any atom is 0.0893 e. The number of aromatic nitrogens is 1. The fraction of sp³-hybridized carbons (Fsp3) is 0.250. The molecule has 148 valence electrons. The number of anilines is 1. The van der Waals surface area contributed by atoms with E-state index in [2.05, 4.69) is 122 Å². The van der Waals surface area contributed by atoms with E-state index in [4.69, 9.17) is 0 Å². The molecule has 4 aromatic rings. The Bertz CT molecular complexity index is 1160. The molecule has 1 aliphatic heterocycles. The van der Waals surface area contributed by atoms with Crippen LogP contribution in [0.5, 0.6) is 0 Å². The molecule has 0 saturated heterocycles. The van der Waals surface area contributed by atoms with Gasteiger partial charge in [0.2, 0.25) is 0 Å². The van der Waals surface area contributed by atoms with Crippen molar-refractivity contribution in [3.05, 3.63) is 73.4 Å². The number of nitrogens with zero attached hydrogens (tertiary/aromatic N) is 2. The molecule has 0 aliphatic carbocycles. The molecular formula is C24H22I2N2O. The van der Waals surface area contributed by atoms with Gasteiger partial charge in [0.15, 0.2) is 0 Å². The number of halogens is 2. The van der Waals surface area contributed by atoms with Crippen LogP contribution in [0.4, 0.5) is 5.69 Å². The number of hydrogen-bond donors (Lipinski definition) is 1. The Hall–Kier alpha value is -1.32. The molecule has 3 nitrogen and oxygen atoms in total. The number of fused-ring (bicyclic) bond motifs is 4. The third kappa shape index (κ3) is 3.55. The molecule has 1 N–H and O–H groups in total. The number of aliphatic hydroxyl groups excluding tert-OH is 1. The van der Waals surface area contributed by atoms with Gasteiger partial charge in [-0.1, -0.05) is 18.2 Å². The van der Waals surface area contributed by atoms with Crippen molar-refractivity contribution in [2.75, 3.05) is 11.4 Å². The van der Waals surface area contributed by atoms with Gasteiger partial charge < -0.3 is 14.6 Å². The van der Waals surface area contributed by atoms with Gasteiger partial charge >= 0.3 is 0 Å². The topological polar surface area (TPSA) is 28.4 Å². The highest BCUT2D eigenvalue weighted by Gasteiger charge is 2.27. The third-order valence-electron chi connectivity index (χ3n) is 5.94. The van der Waals surface area contributed by atoms with Gasteiger partial charge in [0.25, 0.3) is 0 Å². The summed E-state index contributed by atoms with van der Waals surface area (Å²) < 4.78 is 4.75. The van der Waals surface area contributed by atoms with Crippen molar-refractivity contribution in [3.63, 3.8) is 0 Å². The highest BCUT2D eigenvalue weighted by molar-refractivity contribution is 14.1. The predicted molar refractivity (Wildman–Crippen MR) is 138 cm³/mol. The molecule has 0 fully saturated rings. The molecule has 0 radical (unpaired) electrons. The van der Waals surface area contributed by atoms with E-state index in [1.54, 1.807) is 0 Å². The molecule has 1 aromatic heterocycles. The van der Waals surface area contributed by atoms with E-state index in [1.165, 1.54) is 40.2 Å². The smallest absolute Gasteiger partial charge is 0.0893 e. The third-order valence-corrected chi connectivity index (χ3v) is 7.28. The fourth-order valence-corrected chi connectivity index (χ4v) is 5.63. The van der Waals surface area contributed by atoms with Crippen LogP contribution in [0.2, 0.25) is 0 Å². The maximum atomic E-state index is 11.1. The minimum absolute atomic E-state index is 0.420. The van der Waals surface area contributed by atoms with Crippen molar-refractivity contribution in [1.82, 2.24) is 4.57 Å². The quantitative estimate of drug-likeness (QED) is 0.296. The fourth-order valence-electron chi connectivity index (χ4n) is 4.65. The van der Waals surface area contributed by atoms with Crippen molar-refractivity contribution in [2.45, 2.75) is 32.0 Å². The maximum absolute atomic E-state index is 11.1. The second kappa shape index (κ2) is 7.74. The van der Waals surface area contributed by atoms with Gasteiger partial charge in [-0.25, -0.2) is 0 Å². The van der Waals surface area contributed by atoms with Crippen LogP contribution >= 0.6 is 45.2 Å². The minimum Gasteiger partial charge on any atom is -0.389 e. The van der Waals surface area contributed by atoms with Crippen LogP contribution in [0.25, 0.3) is 21.8 Å². The zero-order chi connectivity index (χ0) is 20.1. The van der Waals surface area contributed by atoms with Gasteiger partial charge in [-0.3, -0.25) is 0 Å². The lowest BCUT2D eigenvalue weighted by atomic mass is 10.1. The van der Waals surface area contributed by atoms with E-state index in [9.17, 15) is 5.11 Å². The SMILES string of the molecule is C[C@@H]1Cc2ccccc2N1C[C@@H](O)Cn1c2ccc(I)cc2c2cc(I)ccc21. The molecule has 5 rings (SSSR count). The van der Waals surface area contributed by atoms with Crippen LogP contribution in [0.15, 0.2) is 60.7 Å². The van der Waals surface area contributed by atoms with E-state index in [-0.39, 0.29) is 0 Å². The standard InChI is InChI=1S/C24H22I2N2O/c1-15-10-16-4-2-3-5-22(16)27(15)13-19(29)14-28-23-8-6-17(25)11-20(23)21-12-18(26)7-9-24(21)28/h2-9,11-12,15,19,29H,10,13-14H2,1H3/t15-,19-/m1/s1. The first-order valence-corrected chi connectivity index (χ1v) is 12.1. The number of rotatable bonds is 4. The molecule has 2 heterocycles. The van der Waals surface area contributed by atoms with E-state index in [0.29, 0.717) is 19.1 Å².